The summed E-state index contributed by atoms with van der Waals surface area (Å²) in [6, 6.07) is 0. The molecule has 0 aromatic heterocycles. The van der Waals surface area contributed by atoms with E-state index < -0.39 is 0 Å². The van der Waals surface area contributed by atoms with Crippen LogP contribution >= 0.6 is 12.2 Å². The van der Waals surface area contributed by atoms with Crippen molar-refractivity contribution in [2.45, 2.75) is 90.3 Å². The van der Waals surface area contributed by atoms with Crippen molar-refractivity contribution >= 4 is 17.6 Å². The van der Waals surface area contributed by atoms with Gasteiger partial charge in [-0.2, -0.15) is 0 Å². The molecule has 4 saturated carbocycles. The van der Waals surface area contributed by atoms with Crippen molar-refractivity contribution in [2.24, 2.45) is 40.4 Å². The molecule has 4 rings (SSSR count). The third-order valence-electron chi connectivity index (χ3n) is 9.50. The van der Waals surface area contributed by atoms with E-state index in [1.54, 1.807) is 0 Å². The zero-order chi connectivity index (χ0) is 17.8. The molecule has 9 unspecified atom stereocenters. The first-order chi connectivity index (χ1) is 11.9. The van der Waals surface area contributed by atoms with Gasteiger partial charge < -0.3 is 10.2 Å². The van der Waals surface area contributed by atoms with Gasteiger partial charge in [0.1, 0.15) is 0 Å². The van der Waals surface area contributed by atoms with Gasteiger partial charge in [0.2, 0.25) is 0 Å². The van der Waals surface area contributed by atoms with Crippen molar-refractivity contribution in [3.63, 3.8) is 0 Å². The third-order valence-corrected chi connectivity index (χ3v) is 9.74. The molecule has 0 bridgehead atoms. The predicted octanol–water partition coefficient (Wildman–Crippen LogP) is 4.76. The summed E-state index contributed by atoms with van der Waals surface area (Å²) in [5.41, 5.74) is 0.568. The highest BCUT2D eigenvalue weighted by Crippen LogP contribution is 2.67. The highest BCUT2D eigenvalue weighted by Gasteiger charge is 2.61. The van der Waals surface area contributed by atoms with Gasteiger partial charge in [0, 0.05) is 0 Å². The summed E-state index contributed by atoms with van der Waals surface area (Å²) in [7, 11) is 0. The average molecular weight is 365 g/mol. The van der Waals surface area contributed by atoms with Crippen LogP contribution in [0.25, 0.3) is 0 Å². The van der Waals surface area contributed by atoms with E-state index in [9.17, 15) is 10.2 Å². The van der Waals surface area contributed by atoms with Crippen LogP contribution in [0.3, 0.4) is 0 Å². The quantitative estimate of drug-likeness (QED) is 0.710. The molecule has 4 fully saturated rings. The van der Waals surface area contributed by atoms with Gasteiger partial charge in [-0.1, -0.05) is 26.1 Å². The van der Waals surface area contributed by atoms with Crippen LogP contribution in [0, 0.1) is 40.4 Å². The molecule has 0 radical (unpaired) electrons. The highest BCUT2D eigenvalue weighted by molar-refractivity contribution is 7.78. The second-order valence-corrected chi connectivity index (χ2v) is 10.6. The van der Waals surface area contributed by atoms with Crippen LogP contribution in [0.5, 0.6) is 0 Å². The number of aliphatic hydroxyl groups excluding tert-OH is 2. The summed E-state index contributed by atoms with van der Waals surface area (Å²) < 4.78 is 0. The second kappa shape index (κ2) is 6.56. The standard InChI is InChI=1S/C22H36O2S/c1-21-12-10-19(23)15(4-3-13-25)17(21)6-5-14-16-7-8-20(24)22(16,2)11-9-18(14)21/h13-20,23-24H,3-12H2,1-2H3. The first kappa shape index (κ1) is 18.4. The van der Waals surface area contributed by atoms with Gasteiger partial charge in [-0.25, -0.2) is 0 Å². The number of aliphatic hydroxyl groups is 2. The predicted molar refractivity (Wildman–Crippen MR) is 106 cm³/mol. The zero-order valence-corrected chi connectivity index (χ0v) is 16.8. The summed E-state index contributed by atoms with van der Waals surface area (Å²) in [6.45, 7) is 4.92. The molecule has 9 atom stereocenters. The first-order valence-electron chi connectivity index (χ1n) is 10.7. The van der Waals surface area contributed by atoms with Gasteiger partial charge in [0.15, 0.2) is 0 Å². The summed E-state index contributed by atoms with van der Waals surface area (Å²) in [4.78, 5) is 0. The van der Waals surface area contributed by atoms with Gasteiger partial charge in [-0.05, 0) is 110 Å². The number of rotatable bonds is 3. The van der Waals surface area contributed by atoms with E-state index in [0.717, 1.165) is 43.4 Å². The molecule has 25 heavy (non-hydrogen) atoms. The van der Waals surface area contributed by atoms with E-state index in [-0.39, 0.29) is 17.6 Å². The Labute approximate surface area is 158 Å². The Kier molecular flexibility index (Phi) is 4.82. The maximum Gasteiger partial charge on any atom is 0.0596 e. The van der Waals surface area contributed by atoms with Crippen molar-refractivity contribution < 1.29 is 10.2 Å². The Hall–Kier alpha value is 0.0100. The van der Waals surface area contributed by atoms with Gasteiger partial charge >= 0.3 is 0 Å². The normalized spacial score (nSPS) is 55.1. The van der Waals surface area contributed by atoms with Crippen molar-refractivity contribution in [1.29, 1.82) is 0 Å². The van der Waals surface area contributed by atoms with Crippen LogP contribution in [-0.4, -0.2) is 27.8 Å². The summed E-state index contributed by atoms with van der Waals surface area (Å²) in [5, 5.41) is 23.1. The largest absolute Gasteiger partial charge is 0.393 e. The van der Waals surface area contributed by atoms with Gasteiger partial charge in [0.25, 0.3) is 0 Å². The lowest BCUT2D eigenvalue weighted by molar-refractivity contribution is -0.156. The van der Waals surface area contributed by atoms with Crippen molar-refractivity contribution in [3.8, 4) is 0 Å². The highest BCUT2D eigenvalue weighted by atomic mass is 32.1. The van der Waals surface area contributed by atoms with Crippen LogP contribution in [-0.2, 0) is 0 Å². The fourth-order valence-corrected chi connectivity index (χ4v) is 8.26. The molecule has 3 heteroatoms. The molecule has 0 aromatic rings. The van der Waals surface area contributed by atoms with E-state index in [0.29, 0.717) is 17.3 Å². The average Bonchev–Trinajstić information content (AvgIpc) is 2.90. The van der Waals surface area contributed by atoms with Gasteiger partial charge in [0.05, 0.1) is 12.2 Å². The lowest BCUT2D eigenvalue weighted by Crippen LogP contribution is -2.56. The number of hydrogen-bond donors (Lipinski definition) is 2. The van der Waals surface area contributed by atoms with E-state index in [4.69, 9.17) is 12.2 Å². The summed E-state index contributed by atoms with van der Waals surface area (Å²) in [5.74, 6) is 3.45. The van der Waals surface area contributed by atoms with Gasteiger partial charge in [-0.3, -0.25) is 0 Å². The molecular weight excluding hydrogens is 328 g/mol. The molecule has 2 N–H and O–H groups in total. The Morgan fingerprint density at radius 3 is 2.32 bits per heavy atom. The molecule has 0 aliphatic heterocycles. The molecule has 0 spiro atoms. The maximum atomic E-state index is 10.7. The topological polar surface area (TPSA) is 40.5 Å². The summed E-state index contributed by atoms with van der Waals surface area (Å²) in [6.07, 6.45) is 11.3. The van der Waals surface area contributed by atoms with E-state index >= 15 is 0 Å². The Balaban J connectivity index is 1.60. The minimum atomic E-state index is -0.119. The third kappa shape index (κ3) is 2.67. The van der Waals surface area contributed by atoms with Crippen molar-refractivity contribution in [3.05, 3.63) is 0 Å². The molecule has 142 valence electrons. The minimum Gasteiger partial charge on any atom is -0.393 e. The van der Waals surface area contributed by atoms with Gasteiger partial charge in [-0.15, -0.1) is 0 Å². The van der Waals surface area contributed by atoms with Crippen molar-refractivity contribution in [1.82, 2.24) is 0 Å². The molecule has 2 nitrogen and oxygen atoms in total. The Morgan fingerprint density at radius 1 is 0.880 bits per heavy atom. The lowest BCUT2D eigenvalue weighted by atomic mass is 9.43. The maximum absolute atomic E-state index is 10.7. The summed E-state index contributed by atoms with van der Waals surface area (Å²) >= 11 is 5.07. The molecular formula is C22H36O2S. The van der Waals surface area contributed by atoms with Crippen LogP contribution in [0.15, 0.2) is 0 Å². The molecule has 0 amide bonds. The first-order valence-corrected chi connectivity index (χ1v) is 11.2. The minimum absolute atomic E-state index is 0.0764. The fraction of sp³-hybridized carbons (Fsp3) is 0.955. The van der Waals surface area contributed by atoms with Crippen molar-refractivity contribution in [2.75, 3.05) is 0 Å². The fourth-order valence-electron chi connectivity index (χ4n) is 8.13. The molecule has 0 aromatic carbocycles. The number of thiocarbonyl (C=S) groups is 1. The molecule has 4 aliphatic carbocycles. The van der Waals surface area contributed by atoms with E-state index in [1.165, 1.54) is 38.5 Å². The van der Waals surface area contributed by atoms with Crippen LogP contribution in [0.2, 0.25) is 0 Å². The van der Waals surface area contributed by atoms with E-state index in [2.05, 4.69) is 13.8 Å². The zero-order valence-electron chi connectivity index (χ0n) is 16.0. The molecule has 4 aliphatic rings. The monoisotopic (exact) mass is 364 g/mol. The Morgan fingerprint density at radius 2 is 1.56 bits per heavy atom. The second-order valence-electron chi connectivity index (χ2n) is 10.2. The van der Waals surface area contributed by atoms with Crippen LogP contribution in [0.1, 0.15) is 78.1 Å². The van der Waals surface area contributed by atoms with E-state index in [1.807, 2.05) is 5.37 Å². The van der Waals surface area contributed by atoms with Crippen LogP contribution < -0.4 is 0 Å². The lowest BCUT2D eigenvalue weighted by Gasteiger charge is -2.62. The SMILES string of the molecule is CC12CCC3C(CCC4C(CCC=S)C(O)CCC43C)C1CCC2O. The number of fused-ring (bicyclic) bond motifs is 5. The number of hydrogen-bond acceptors (Lipinski definition) is 3. The molecule has 0 heterocycles. The Bertz CT molecular complexity index is 522. The van der Waals surface area contributed by atoms with Crippen LogP contribution in [0.4, 0.5) is 0 Å². The molecule has 0 saturated heterocycles. The smallest absolute Gasteiger partial charge is 0.0596 e.